The van der Waals surface area contributed by atoms with Crippen molar-refractivity contribution in [3.63, 3.8) is 0 Å². The summed E-state index contributed by atoms with van der Waals surface area (Å²) in [6, 6.07) is 77.6. The third-order valence-corrected chi connectivity index (χ3v) is 17.7. The van der Waals surface area contributed by atoms with Crippen molar-refractivity contribution in [1.82, 2.24) is 0 Å². The van der Waals surface area contributed by atoms with Gasteiger partial charge in [0.05, 0.1) is 0 Å². The van der Waals surface area contributed by atoms with Gasteiger partial charge in [0.15, 0.2) is 0 Å². The van der Waals surface area contributed by atoms with Gasteiger partial charge in [0.25, 0.3) is 0 Å². The van der Waals surface area contributed by atoms with E-state index in [1.54, 1.807) is 0 Å². The minimum absolute atomic E-state index is 1.03. The average Bonchev–Trinajstić information content (AvgIpc) is 3.68. The molecule has 0 aromatic heterocycles. The predicted octanol–water partition coefficient (Wildman–Crippen LogP) is 23.9. The van der Waals surface area contributed by atoms with Crippen LogP contribution in [0.3, 0.4) is 0 Å². The molecule has 1 aliphatic carbocycles. The van der Waals surface area contributed by atoms with Gasteiger partial charge in [0, 0.05) is 38.6 Å². The maximum absolute atomic E-state index is 3.70. The highest BCUT2D eigenvalue weighted by Crippen LogP contribution is 2.44. The Bertz CT molecular complexity index is 4000. The minimum Gasteiger partial charge on any atom is -0.310 e. The van der Waals surface area contributed by atoms with Crippen molar-refractivity contribution in [3.05, 3.63) is 277 Å². The molecule has 0 N–H and O–H groups in total. The largest absolute Gasteiger partial charge is 0.310 e. The molecule has 0 unspecified atom stereocenters. The molecule has 2 nitrogen and oxygen atoms in total. The summed E-state index contributed by atoms with van der Waals surface area (Å²) in [6.07, 6.45) is 11.0. The van der Waals surface area contributed by atoms with E-state index in [2.05, 4.69) is 315 Å². The Kier molecular flexibility index (Phi) is 16.9. The number of hydrogen-bond donors (Lipinski definition) is 0. The maximum Gasteiger partial charge on any atom is 0.0464 e. The van der Waals surface area contributed by atoms with Crippen molar-refractivity contribution in [3.8, 4) is 55.6 Å². The van der Waals surface area contributed by atoms with Crippen LogP contribution in [0.1, 0.15) is 89.6 Å². The number of benzene rings is 10. The van der Waals surface area contributed by atoms with Crippen molar-refractivity contribution in [2.45, 2.75) is 93.9 Å². The lowest BCUT2D eigenvalue weighted by Gasteiger charge is -2.28. The summed E-state index contributed by atoms with van der Waals surface area (Å²) in [4.78, 5) is 4.83. The van der Waals surface area contributed by atoms with Crippen LogP contribution in [0.25, 0.3) is 61.2 Å². The summed E-state index contributed by atoms with van der Waals surface area (Å²) in [7, 11) is 0. The molecule has 0 atom stereocenters. The van der Waals surface area contributed by atoms with Crippen LogP contribution in [0.15, 0.2) is 227 Å². The molecule has 0 spiro atoms. The first-order chi connectivity index (χ1) is 39.8. The van der Waals surface area contributed by atoms with E-state index >= 15 is 0 Å². The smallest absolute Gasteiger partial charge is 0.0464 e. The van der Waals surface area contributed by atoms with Gasteiger partial charge >= 0.3 is 0 Å². The standard InChI is InChI=1S/C78H72Br2N2/c1-9-11-57-13-17-63(18-14-57)73-41-37-69(45-51(73)3)81(67-33-25-61(26-34-67)59-21-29-65(79)30-22-59)71-39-43-75(53(5)47-71)77-49-56(8)78(50-55(77)7)76-44-40-72(48-54(76)6)82(68-35-27-62(28-36-68)60-23-31-66(80)32-24-60)70-38-42-74(52(4)46-70)64-19-15-58(12-10-2)16-20-64/h13-23,25-31,33-50H,9-12,24,32H2,1-8H3. The number of aryl methyl sites for hydroxylation is 8. The molecular weight excluding hydrogens is 1120 g/mol. The van der Waals surface area contributed by atoms with E-state index in [4.69, 9.17) is 0 Å². The second-order valence-electron chi connectivity index (χ2n) is 22.4. The van der Waals surface area contributed by atoms with E-state index in [0.717, 1.165) is 77.1 Å². The molecule has 0 amide bonds. The van der Waals surface area contributed by atoms with Gasteiger partial charge in [0.2, 0.25) is 0 Å². The molecule has 82 heavy (non-hydrogen) atoms. The molecule has 10 aromatic carbocycles. The number of hydrogen-bond acceptors (Lipinski definition) is 2. The van der Waals surface area contributed by atoms with Crippen molar-refractivity contribution >= 4 is 71.6 Å². The van der Waals surface area contributed by atoms with Crippen LogP contribution in [0, 0.1) is 41.5 Å². The van der Waals surface area contributed by atoms with Crippen LogP contribution in [0.5, 0.6) is 0 Å². The lowest BCUT2D eigenvalue weighted by molar-refractivity contribution is 0.922. The normalized spacial score (nSPS) is 12.3. The van der Waals surface area contributed by atoms with Gasteiger partial charge in [-0.3, -0.25) is 0 Å². The molecule has 0 aliphatic heterocycles. The summed E-state index contributed by atoms with van der Waals surface area (Å²) < 4.78 is 2.33. The summed E-state index contributed by atoms with van der Waals surface area (Å²) in [5.74, 6) is 0. The quantitative estimate of drug-likeness (QED) is 0.0951. The van der Waals surface area contributed by atoms with Gasteiger partial charge in [-0.15, -0.1) is 0 Å². The van der Waals surface area contributed by atoms with Gasteiger partial charge in [-0.05, 0) is 268 Å². The van der Waals surface area contributed by atoms with Crippen molar-refractivity contribution in [1.29, 1.82) is 0 Å². The second kappa shape index (κ2) is 24.8. The Balaban J connectivity index is 0.913. The fourth-order valence-corrected chi connectivity index (χ4v) is 12.7. The summed E-state index contributed by atoms with van der Waals surface area (Å²) >= 11 is 7.31. The summed E-state index contributed by atoms with van der Waals surface area (Å²) in [6.45, 7) is 18.0. The van der Waals surface area contributed by atoms with Gasteiger partial charge in [-0.2, -0.15) is 0 Å². The molecule has 4 heteroatoms. The van der Waals surface area contributed by atoms with E-state index < -0.39 is 0 Å². The van der Waals surface area contributed by atoms with Crippen molar-refractivity contribution in [2.24, 2.45) is 0 Å². The zero-order valence-electron chi connectivity index (χ0n) is 48.7. The van der Waals surface area contributed by atoms with Crippen LogP contribution < -0.4 is 9.80 Å². The Morgan fingerprint density at radius 2 is 0.634 bits per heavy atom. The molecule has 408 valence electrons. The Morgan fingerprint density at radius 3 is 0.988 bits per heavy atom. The monoisotopic (exact) mass is 1190 g/mol. The van der Waals surface area contributed by atoms with Crippen LogP contribution in [0.4, 0.5) is 34.1 Å². The van der Waals surface area contributed by atoms with E-state index in [-0.39, 0.29) is 0 Å². The predicted molar refractivity (Wildman–Crippen MR) is 361 cm³/mol. The van der Waals surface area contributed by atoms with Gasteiger partial charge in [-0.1, -0.05) is 192 Å². The van der Waals surface area contributed by atoms with Gasteiger partial charge in [-0.25, -0.2) is 0 Å². The molecule has 11 rings (SSSR count). The van der Waals surface area contributed by atoms with Gasteiger partial charge < -0.3 is 9.80 Å². The lowest BCUT2D eigenvalue weighted by atomic mass is 9.88. The molecule has 0 saturated heterocycles. The number of halogens is 2. The van der Waals surface area contributed by atoms with Crippen LogP contribution in [0.2, 0.25) is 0 Å². The first kappa shape index (κ1) is 56.1. The highest BCUT2D eigenvalue weighted by Gasteiger charge is 2.21. The zero-order valence-corrected chi connectivity index (χ0v) is 51.8. The summed E-state index contributed by atoms with van der Waals surface area (Å²) in [5, 5.41) is 0. The third-order valence-electron chi connectivity index (χ3n) is 16.5. The van der Waals surface area contributed by atoms with Crippen LogP contribution in [-0.2, 0) is 12.8 Å². The third kappa shape index (κ3) is 12.1. The Labute approximate surface area is 504 Å². The first-order valence-electron chi connectivity index (χ1n) is 29.2. The lowest BCUT2D eigenvalue weighted by Crippen LogP contribution is -2.11. The Morgan fingerprint density at radius 1 is 0.305 bits per heavy atom. The number of nitrogens with zero attached hydrogens (tertiary/aromatic N) is 2. The highest BCUT2D eigenvalue weighted by molar-refractivity contribution is 9.11. The minimum atomic E-state index is 1.03. The number of allylic oxidation sites excluding steroid dienone is 4. The second-order valence-corrected chi connectivity index (χ2v) is 24.4. The highest BCUT2D eigenvalue weighted by atomic mass is 79.9. The molecule has 1 aliphatic rings. The Hall–Kier alpha value is -7.76. The molecular formula is C78H72Br2N2. The molecule has 0 saturated carbocycles. The van der Waals surface area contributed by atoms with Crippen molar-refractivity contribution < 1.29 is 0 Å². The van der Waals surface area contributed by atoms with E-state index in [9.17, 15) is 0 Å². The molecule has 0 heterocycles. The van der Waals surface area contributed by atoms with E-state index in [1.165, 1.54) is 116 Å². The first-order valence-corrected chi connectivity index (χ1v) is 30.8. The topological polar surface area (TPSA) is 6.48 Å². The molecule has 10 aromatic rings. The van der Waals surface area contributed by atoms with E-state index in [1.807, 2.05) is 0 Å². The van der Waals surface area contributed by atoms with Crippen LogP contribution >= 0.6 is 31.9 Å². The molecule has 0 radical (unpaired) electrons. The fourth-order valence-electron chi connectivity index (χ4n) is 12.1. The fraction of sp³-hybridized carbons (Fsp3) is 0.179. The number of rotatable bonds is 16. The summed E-state index contributed by atoms with van der Waals surface area (Å²) in [5.41, 5.74) is 32.0. The zero-order chi connectivity index (χ0) is 57.0. The average molecular weight is 1200 g/mol. The van der Waals surface area contributed by atoms with Gasteiger partial charge in [0.1, 0.15) is 0 Å². The van der Waals surface area contributed by atoms with Crippen LogP contribution in [-0.4, -0.2) is 0 Å². The molecule has 0 bridgehead atoms. The van der Waals surface area contributed by atoms with E-state index in [0.29, 0.717) is 0 Å². The number of anilines is 6. The SMILES string of the molecule is CCCc1ccc(-c2ccc(N(c3ccc(C4=CC=C(Br)CC4)cc3)c3ccc(-c4cc(C)c(-c5ccc(N(c6ccc(-c7ccc(Br)cc7)cc6)c6ccc(-c7ccc(CCC)cc7)c(C)c6)cc5C)cc4C)c(C)c3)cc2C)cc1. The molecule has 0 fully saturated rings. The van der Waals surface area contributed by atoms with Crippen molar-refractivity contribution in [2.75, 3.05) is 9.80 Å². The maximum atomic E-state index is 3.70.